The minimum Gasteiger partial charge on any atom is -0.480 e. The third-order valence-corrected chi connectivity index (χ3v) is 4.21. The highest BCUT2D eigenvalue weighted by Crippen LogP contribution is 2.32. The normalized spacial score (nSPS) is 30.5. The van der Waals surface area contributed by atoms with Crippen LogP contribution in [0.25, 0.3) is 0 Å². The van der Waals surface area contributed by atoms with Crippen LogP contribution < -0.4 is 0 Å². The van der Waals surface area contributed by atoms with Crippen LogP contribution in [0.2, 0.25) is 0 Å². The Labute approximate surface area is 113 Å². The Morgan fingerprint density at radius 1 is 1.16 bits per heavy atom. The lowest BCUT2D eigenvalue weighted by molar-refractivity contribution is -0.147. The molecule has 108 valence electrons. The van der Waals surface area contributed by atoms with Crippen LogP contribution in [0.5, 0.6) is 0 Å². The van der Waals surface area contributed by atoms with E-state index in [2.05, 4.69) is 0 Å². The molecule has 0 saturated carbocycles. The largest absolute Gasteiger partial charge is 0.480 e. The summed E-state index contributed by atoms with van der Waals surface area (Å²) in [5, 5.41) is 9.38. The Morgan fingerprint density at radius 2 is 1.84 bits per heavy atom. The molecule has 1 unspecified atom stereocenters. The first-order valence-corrected chi connectivity index (χ1v) is 6.69. The zero-order valence-corrected chi connectivity index (χ0v) is 11.8. The average molecular weight is 270 g/mol. The molecule has 0 bridgehead atoms. The van der Waals surface area contributed by atoms with E-state index in [0.717, 1.165) is 6.42 Å². The van der Waals surface area contributed by atoms with Gasteiger partial charge in [0.2, 0.25) is 0 Å². The summed E-state index contributed by atoms with van der Waals surface area (Å²) in [6.45, 7) is 7.53. The third kappa shape index (κ3) is 2.29. The SMILES string of the molecule is CC1(C)COCCN1C(=O)N1CCCC1(C)C(=O)O. The van der Waals surface area contributed by atoms with Crippen LogP contribution in [0.15, 0.2) is 0 Å². The van der Waals surface area contributed by atoms with Gasteiger partial charge in [-0.3, -0.25) is 0 Å². The van der Waals surface area contributed by atoms with E-state index in [1.807, 2.05) is 13.8 Å². The van der Waals surface area contributed by atoms with E-state index >= 15 is 0 Å². The predicted molar refractivity (Wildman–Crippen MR) is 69.0 cm³/mol. The number of ether oxygens (including phenoxy) is 1. The number of nitrogens with zero attached hydrogens (tertiary/aromatic N) is 2. The van der Waals surface area contributed by atoms with Gasteiger partial charge in [0.15, 0.2) is 0 Å². The van der Waals surface area contributed by atoms with Crippen LogP contribution in [-0.4, -0.2) is 64.3 Å². The summed E-state index contributed by atoms with van der Waals surface area (Å²) in [5.41, 5.74) is -1.47. The Balaban J connectivity index is 2.21. The predicted octanol–water partition coefficient (Wildman–Crippen LogP) is 1.16. The molecule has 2 aliphatic heterocycles. The molecule has 0 aromatic carbocycles. The van der Waals surface area contributed by atoms with Crippen LogP contribution in [0.4, 0.5) is 4.79 Å². The summed E-state index contributed by atoms with van der Waals surface area (Å²) >= 11 is 0. The first-order chi connectivity index (χ1) is 8.79. The number of carbonyl (C=O) groups excluding carboxylic acids is 1. The zero-order valence-electron chi connectivity index (χ0n) is 11.8. The van der Waals surface area contributed by atoms with Crippen molar-refractivity contribution in [1.82, 2.24) is 9.80 Å². The van der Waals surface area contributed by atoms with Gasteiger partial charge in [0.25, 0.3) is 0 Å². The van der Waals surface area contributed by atoms with Crippen LogP contribution >= 0.6 is 0 Å². The molecule has 0 spiro atoms. The van der Waals surface area contributed by atoms with Crippen molar-refractivity contribution < 1.29 is 19.4 Å². The number of urea groups is 1. The molecule has 2 aliphatic rings. The molecule has 2 saturated heterocycles. The number of amides is 2. The summed E-state index contributed by atoms with van der Waals surface area (Å²) in [5.74, 6) is -0.926. The van der Waals surface area contributed by atoms with E-state index in [9.17, 15) is 14.7 Å². The second-order valence-corrected chi connectivity index (χ2v) is 6.13. The molecule has 0 aliphatic carbocycles. The topological polar surface area (TPSA) is 70.1 Å². The van der Waals surface area contributed by atoms with Crippen molar-refractivity contribution in [3.63, 3.8) is 0 Å². The number of rotatable bonds is 1. The van der Waals surface area contributed by atoms with Gasteiger partial charge >= 0.3 is 12.0 Å². The van der Waals surface area contributed by atoms with Gasteiger partial charge in [-0.1, -0.05) is 0 Å². The fraction of sp³-hybridized carbons (Fsp3) is 0.846. The van der Waals surface area contributed by atoms with E-state index in [-0.39, 0.29) is 6.03 Å². The molecule has 0 aromatic rings. The Morgan fingerprint density at radius 3 is 2.42 bits per heavy atom. The maximum atomic E-state index is 12.7. The van der Waals surface area contributed by atoms with Crippen molar-refractivity contribution in [2.24, 2.45) is 0 Å². The van der Waals surface area contributed by atoms with Gasteiger partial charge in [-0.25, -0.2) is 9.59 Å². The smallest absolute Gasteiger partial charge is 0.329 e. The van der Waals surface area contributed by atoms with Crippen LogP contribution in [0.1, 0.15) is 33.6 Å². The molecular formula is C13H22N2O4. The van der Waals surface area contributed by atoms with Crippen molar-refractivity contribution in [1.29, 1.82) is 0 Å². The molecule has 1 N–H and O–H groups in total. The van der Waals surface area contributed by atoms with Gasteiger partial charge in [0.05, 0.1) is 18.8 Å². The maximum Gasteiger partial charge on any atom is 0.329 e. The lowest BCUT2D eigenvalue weighted by atomic mass is 9.99. The van der Waals surface area contributed by atoms with Crippen LogP contribution in [0.3, 0.4) is 0 Å². The van der Waals surface area contributed by atoms with E-state index in [1.54, 1.807) is 11.8 Å². The Hall–Kier alpha value is -1.30. The van der Waals surface area contributed by atoms with Gasteiger partial charge in [-0.05, 0) is 33.6 Å². The minimum absolute atomic E-state index is 0.185. The van der Waals surface area contributed by atoms with E-state index in [0.29, 0.717) is 32.7 Å². The molecule has 6 heteroatoms. The Bertz CT molecular complexity index is 396. The highest BCUT2D eigenvalue weighted by Gasteiger charge is 2.49. The van der Waals surface area contributed by atoms with Gasteiger partial charge in [-0.15, -0.1) is 0 Å². The molecule has 1 atom stereocenters. The number of carbonyl (C=O) groups is 2. The molecule has 0 aromatic heterocycles. The lowest BCUT2D eigenvalue weighted by Crippen LogP contribution is -2.62. The molecule has 6 nitrogen and oxygen atoms in total. The quantitative estimate of drug-likeness (QED) is 0.776. The molecule has 2 rings (SSSR count). The van der Waals surface area contributed by atoms with E-state index in [1.165, 1.54) is 4.90 Å². The fourth-order valence-corrected chi connectivity index (χ4v) is 2.85. The minimum atomic E-state index is -1.08. The molecule has 19 heavy (non-hydrogen) atoms. The number of hydrogen-bond donors (Lipinski definition) is 1. The zero-order chi connectivity index (χ0) is 14.3. The number of morpholine rings is 1. The summed E-state index contributed by atoms with van der Waals surface area (Å²) in [7, 11) is 0. The molecule has 2 heterocycles. The monoisotopic (exact) mass is 270 g/mol. The summed E-state index contributed by atoms with van der Waals surface area (Å²) in [4.78, 5) is 27.4. The van der Waals surface area contributed by atoms with Crippen LogP contribution in [-0.2, 0) is 9.53 Å². The standard InChI is InChI=1S/C13H22N2O4/c1-12(2)9-19-8-7-14(12)11(18)15-6-4-5-13(15,3)10(16)17/h4-9H2,1-3H3,(H,16,17). The second kappa shape index (κ2) is 4.67. The van der Waals surface area contributed by atoms with Crippen LogP contribution in [0, 0.1) is 0 Å². The summed E-state index contributed by atoms with van der Waals surface area (Å²) in [6.07, 6.45) is 1.25. The van der Waals surface area contributed by atoms with Gasteiger partial charge in [0.1, 0.15) is 5.54 Å². The lowest BCUT2D eigenvalue weighted by Gasteiger charge is -2.45. The number of carboxylic acid groups (broad SMARTS) is 1. The summed E-state index contributed by atoms with van der Waals surface area (Å²) in [6, 6.07) is -0.185. The first kappa shape index (κ1) is 14.1. The van der Waals surface area contributed by atoms with E-state index < -0.39 is 17.0 Å². The molecule has 2 amide bonds. The van der Waals surface area contributed by atoms with Crippen molar-refractivity contribution in [2.75, 3.05) is 26.3 Å². The number of likely N-dealkylation sites (tertiary alicyclic amines) is 1. The van der Waals surface area contributed by atoms with E-state index in [4.69, 9.17) is 4.74 Å². The van der Waals surface area contributed by atoms with Crippen molar-refractivity contribution in [3.8, 4) is 0 Å². The summed E-state index contributed by atoms with van der Waals surface area (Å²) < 4.78 is 5.40. The number of hydrogen-bond acceptors (Lipinski definition) is 3. The third-order valence-electron chi connectivity index (χ3n) is 4.21. The van der Waals surface area contributed by atoms with Gasteiger partial charge in [-0.2, -0.15) is 0 Å². The van der Waals surface area contributed by atoms with Crippen molar-refractivity contribution in [3.05, 3.63) is 0 Å². The highest BCUT2D eigenvalue weighted by atomic mass is 16.5. The molecule has 2 fully saturated rings. The first-order valence-electron chi connectivity index (χ1n) is 6.69. The van der Waals surface area contributed by atoms with Gasteiger partial charge < -0.3 is 19.6 Å². The average Bonchev–Trinajstić information content (AvgIpc) is 2.71. The maximum absolute atomic E-state index is 12.7. The highest BCUT2D eigenvalue weighted by molar-refractivity contribution is 5.87. The molecule has 0 radical (unpaired) electrons. The Kier molecular flexibility index (Phi) is 3.47. The van der Waals surface area contributed by atoms with Gasteiger partial charge in [0, 0.05) is 13.1 Å². The number of carboxylic acids is 1. The second-order valence-electron chi connectivity index (χ2n) is 6.13. The molecular weight excluding hydrogens is 248 g/mol. The fourth-order valence-electron chi connectivity index (χ4n) is 2.85. The van der Waals surface area contributed by atoms with Crippen molar-refractivity contribution in [2.45, 2.75) is 44.7 Å². The number of aliphatic carboxylic acids is 1. The van der Waals surface area contributed by atoms with Crippen molar-refractivity contribution >= 4 is 12.0 Å².